The Morgan fingerprint density at radius 2 is 1.38 bits per heavy atom. The molecule has 0 amide bonds. The van der Waals surface area contributed by atoms with Gasteiger partial charge in [0.25, 0.3) is 0 Å². The third kappa shape index (κ3) is 5.04. The van der Waals surface area contributed by atoms with E-state index in [9.17, 15) is 9.90 Å². The number of rotatable bonds is 0. The molecule has 1 atom stereocenters. The predicted molar refractivity (Wildman–Crippen MR) is 102 cm³/mol. The molecule has 0 fully saturated rings. The van der Waals surface area contributed by atoms with Crippen LogP contribution in [0.15, 0.2) is 48.5 Å². The lowest BCUT2D eigenvalue weighted by Crippen LogP contribution is -1.88. The van der Waals surface area contributed by atoms with Gasteiger partial charge in [0.15, 0.2) is 5.78 Å². The summed E-state index contributed by atoms with van der Waals surface area (Å²) in [6, 6.07) is 15.9. The van der Waals surface area contributed by atoms with Gasteiger partial charge in [-0.2, -0.15) is 0 Å². The van der Waals surface area contributed by atoms with Crippen molar-refractivity contribution in [3.05, 3.63) is 70.8 Å². The van der Waals surface area contributed by atoms with Crippen molar-refractivity contribution in [1.29, 1.82) is 0 Å². The van der Waals surface area contributed by atoms with E-state index in [0.717, 1.165) is 30.4 Å². The van der Waals surface area contributed by atoms with E-state index >= 15 is 0 Å². The molecule has 0 aromatic heterocycles. The molecule has 4 rings (SSSR count). The largest absolute Gasteiger partial charge is 0.388 e. The highest BCUT2D eigenvalue weighted by Gasteiger charge is 2.18. The fourth-order valence-corrected chi connectivity index (χ4v) is 2.93. The van der Waals surface area contributed by atoms with Gasteiger partial charge < -0.3 is 5.11 Å². The van der Waals surface area contributed by atoms with Crippen molar-refractivity contribution >= 4 is 5.78 Å². The summed E-state index contributed by atoms with van der Waals surface area (Å²) in [6.45, 7) is 8.00. The first-order chi connectivity index (χ1) is 11.8. The zero-order chi connectivity index (χ0) is 17.9. The van der Waals surface area contributed by atoms with Crippen LogP contribution >= 0.6 is 0 Å². The maximum absolute atomic E-state index is 11.1. The SMILES string of the molecule is CC.CC.O=C1CCc2ccccc21.O[C@H]1CCc2ccccc21. The molecule has 0 unspecified atom stereocenters. The standard InChI is InChI=1S/C9H10O.C9H8O.2C2H6/c2*10-9-6-5-7-3-1-2-4-8(7)9;2*1-2/h1-4,9-10H,5-6H2;1-4H,5-6H2;2*1-2H3/t9-;;;/m0.../s1. The molecule has 0 heterocycles. The number of aryl methyl sites for hydroxylation is 2. The van der Waals surface area contributed by atoms with Gasteiger partial charge in [-0.15, -0.1) is 0 Å². The fourth-order valence-electron chi connectivity index (χ4n) is 2.93. The number of hydrogen-bond acceptors (Lipinski definition) is 2. The van der Waals surface area contributed by atoms with Crippen molar-refractivity contribution in [3.63, 3.8) is 0 Å². The molecular weight excluding hydrogens is 296 g/mol. The molecule has 24 heavy (non-hydrogen) atoms. The van der Waals surface area contributed by atoms with E-state index in [1.807, 2.05) is 70.2 Å². The van der Waals surface area contributed by atoms with Gasteiger partial charge in [-0.25, -0.2) is 0 Å². The van der Waals surface area contributed by atoms with Gasteiger partial charge in [-0.05, 0) is 36.0 Å². The van der Waals surface area contributed by atoms with E-state index in [1.54, 1.807) is 0 Å². The van der Waals surface area contributed by atoms with Crippen molar-refractivity contribution in [1.82, 2.24) is 0 Å². The minimum atomic E-state index is -0.198. The Morgan fingerprint density at radius 3 is 2.00 bits per heavy atom. The minimum absolute atomic E-state index is 0.198. The number of aliphatic hydroxyl groups excluding tert-OH is 1. The smallest absolute Gasteiger partial charge is 0.163 e. The van der Waals surface area contributed by atoms with Crippen LogP contribution < -0.4 is 0 Å². The Balaban J connectivity index is 0.000000199. The lowest BCUT2D eigenvalue weighted by molar-refractivity contribution is 0.0994. The van der Waals surface area contributed by atoms with Crippen molar-refractivity contribution in [2.45, 2.75) is 59.5 Å². The monoisotopic (exact) mass is 326 g/mol. The molecule has 0 radical (unpaired) electrons. The third-order valence-corrected chi connectivity index (χ3v) is 4.04. The average Bonchev–Trinajstić information content (AvgIpc) is 3.23. The lowest BCUT2D eigenvalue weighted by Gasteiger charge is -2.00. The number of benzene rings is 2. The maximum atomic E-state index is 11.1. The summed E-state index contributed by atoms with van der Waals surface area (Å²) in [5.74, 6) is 0.301. The Labute approximate surface area is 146 Å². The summed E-state index contributed by atoms with van der Waals surface area (Å²) in [7, 11) is 0. The number of fused-ring (bicyclic) bond motifs is 2. The molecule has 2 aliphatic rings. The van der Waals surface area contributed by atoms with Crippen molar-refractivity contribution in [2.75, 3.05) is 0 Å². The maximum Gasteiger partial charge on any atom is 0.163 e. The van der Waals surface area contributed by atoms with Gasteiger partial charge in [-0.1, -0.05) is 76.2 Å². The molecule has 2 aromatic carbocycles. The zero-order valence-electron chi connectivity index (χ0n) is 15.4. The van der Waals surface area contributed by atoms with Gasteiger partial charge in [0, 0.05) is 12.0 Å². The number of carbonyl (C=O) groups excluding carboxylic acids is 1. The summed E-state index contributed by atoms with van der Waals surface area (Å²) in [5.41, 5.74) is 4.59. The van der Waals surface area contributed by atoms with Crippen LogP contribution in [-0.4, -0.2) is 10.9 Å². The summed E-state index contributed by atoms with van der Waals surface area (Å²) < 4.78 is 0. The molecule has 0 aliphatic heterocycles. The number of carbonyl (C=O) groups is 1. The highest BCUT2D eigenvalue weighted by atomic mass is 16.3. The first kappa shape index (κ1) is 20.1. The summed E-state index contributed by atoms with van der Waals surface area (Å²) in [4.78, 5) is 11.1. The Bertz CT molecular complexity index is 631. The average molecular weight is 326 g/mol. The van der Waals surface area contributed by atoms with Gasteiger partial charge in [0.2, 0.25) is 0 Å². The summed E-state index contributed by atoms with van der Waals surface area (Å²) in [5, 5.41) is 9.38. The van der Waals surface area contributed by atoms with Gasteiger partial charge in [-0.3, -0.25) is 4.79 Å². The van der Waals surface area contributed by atoms with Crippen molar-refractivity contribution in [2.24, 2.45) is 0 Å². The van der Waals surface area contributed by atoms with Crippen LogP contribution in [0.3, 0.4) is 0 Å². The van der Waals surface area contributed by atoms with Crippen LogP contribution in [0.2, 0.25) is 0 Å². The van der Waals surface area contributed by atoms with E-state index in [4.69, 9.17) is 0 Å². The van der Waals surface area contributed by atoms with E-state index < -0.39 is 0 Å². The van der Waals surface area contributed by atoms with E-state index in [2.05, 4.69) is 6.07 Å². The second-order valence-electron chi connectivity index (χ2n) is 5.33. The molecule has 1 N–H and O–H groups in total. The molecule has 2 aromatic rings. The summed E-state index contributed by atoms with van der Waals surface area (Å²) >= 11 is 0. The van der Waals surface area contributed by atoms with Crippen LogP contribution in [0.5, 0.6) is 0 Å². The Morgan fingerprint density at radius 1 is 0.792 bits per heavy atom. The zero-order valence-corrected chi connectivity index (χ0v) is 15.4. The van der Waals surface area contributed by atoms with Crippen LogP contribution in [-0.2, 0) is 12.8 Å². The molecule has 2 heteroatoms. The summed E-state index contributed by atoms with van der Waals surface area (Å²) in [6.07, 6.45) is 3.39. The molecule has 2 aliphatic carbocycles. The molecule has 2 nitrogen and oxygen atoms in total. The quantitative estimate of drug-likeness (QED) is 0.690. The van der Waals surface area contributed by atoms with Crippen molar-refractivity contribution in [3.8, 4) is 0 Å². The van der Waals surface area contributed by atoms with Crippen LogP contribution in [0.4, 0.5) is 0 Å². The Kier molecular flexibility index (Phi) is 9.03. The van der Waals surface area contributed by atoms with Gasteiger partial charge in [0.05, 0.1) is 6.10 Å². The predicted octanol–water partition coefficient (Wildman–Crippen LogP) is 5.53. The van der Waals surface area contributed by atoms with Gasteiger partial charge in [0.1, 0.15) is 0 Å². The van der Waals surface area contributed by atoms with Crippen LogP contribution in [0.25, 0.3) is 0 Å². The highest BCUT2D eigenvalue weighted by molar-refractivity contribution is 6.00. The third-order valence-electron chi connectivity index (χ3n) is 4.04. The van der Waals surface area contributed by atoms with Gasteiger partial charge >= 0.3 is 0 Å². The Hall–Kier alpha value is -1.93. The van der Waals surface area contributed by atoms with E-state index in [-0.39, 0.29) is 6.10 Å². The molecule has 0 saturated carbocycles. The highest BCUT2D eigenvalue weighted by Crippen LogP contribution is 2.29. The van der Waals surface area contributed by atoms with Crippen LogP contribution in [0, 0.1) is 0 Å². The minimum Gasteiger partial charge on any atom is -0.388 e. The molecule has 0 spiro atoms. The second kappa shape index (κ2) is 10.8. The first-order valence-corrected chi connectivity index (χ1v) is 9.12. The topological polar surface area (TPSA) is 37.3 Å². The lowest BCUT2D eigenvalue weighted by atomic mass is 10.1. The van der Waals surface area contributed by atoms with E-state index in [0.29, 0.717) is 12.2 Å². The number of Topliss-reactive ketones (excluding diaryl/α,β-unsaturated/α-hetero) is 1. The second-order valence-corrected chi connectivity index (χ2v) is 5.33. The first-order valence-electron chi connectivity index (χ1n) is 9.12. The molecule has 0 saturated heterocycles. The molecule has 0 bridgehead atoms. The number of hydrogen-bond donors (Lipinski definition) is 1. The van der Waals surface area contributed by atoms with Crippen molar-refractivity contribution < 1.29 is 9.90 Å². The number of ketones is 1. The molecular formula is C22H30O2. The number of aliphatic hydroxyl groups is 1. The van der Waals surface area contributed by atoms with Crippen LogP contribution in [0.1, 0.15) is 73.7 Å². The fraction of sp³-hybridized carbons (Fsp3) is 0.409. The normalized spacial score (nSPS) is 16.4. The van der Waals surface area contributed by atoms with E-state index in [1.165, 1.54) is 11.1 Å². The molecule has 130 valence electrons.